The van der Waals surface area contributed by atoms with Crippen molar-refractivity contribution in [3.8, 4) is 0 Å². The average Bonchev–Trinajstić information content (AvgIpc) is 3.06. The Morgan fingerprint density at radius 3 is 2.55 bits per heavy atom. The van der Waals surface area contributed by atoms with Gasteiger partial charge in [0.25, 0.3) is 9.05 Å². The highest BCUT2D eigenvalue weighted by atomic mass is 79.9. The second-order valence-electron chi connectivity index (χ2n) is 4.34. The van der Waals surface area contributed by atoms with Gasteiger partial charge in [0.2, 0.25) is 0 Å². The van der Waals surface area contributed by atoms with Gasteiger partial charge in [-0.2, -0.15) is 0 Å². The molecule has 2 rings (SSSR count). The molecule has 0 bridgehead atoms. The quantitative estimate of drug-likeness (QED) is 0.586. The Kier molecular flexibility index (Phi) is 4.36. The predicted molar refractivity (Wildman–Crippen MR) is 70.1 cm³/mol. The third kappa shape index (κ3) is 3.29. The number of carbonyl (C=O) groups is 1. The Morgan fingerprint density at radius 2 is 2.05 bits per heavy atom. The zero-order valence-corrected chi connectivity index (χ0v) is 13.0. The molecule has 0 aromatic heterocycles. The molecule has 0 amide bonds. The molecule has 0 heterocycles. The van der Waals surface area contributed by atoms with Crippen LogP contribution in [-0.2, 0) is 13.8 Å². The number of esters is 1. The summed E-state index contributed by atoms with van der Waals surface area (Å²) in [7, 11) is 0.583. The number of ether oxygens (including phenoxy) is 1. The average molecular weight is 390 g/mol. The Hall–Kier alpha value is -0.730. The zero-order valence-electron chi connectivity index (χ0n) is 9.83. The second kappa shape index (κ2) is 5.57. The molecule has 1 aliphatic carbocycles. The first-order valence-electron chi connectivity index (χ1n) is 5.51. The van der Waals surface area contributed by atoms with Gasteiger partial charge in [0, 0.05) is 15.2 Å². The highest BCUT2D eigenvalue weighted by Gasteiger charge is 2.31. The van der Waals surface area contributed by atoms with E-state index >= 15 is 0 Å². The van der Waals surface area contributed by atoms with E-state index in [2.05, 4.69) is 15.9 Å². The first-order valence-corrected chi connectivity index (χ1v) is 8.61. The summed E-state index contributed by atoms with van der Waals surface area (Å²) < 4.78 is 54.6. The first kappa shape index (κ1) is 15.7. The summed E-state index contributed by atoms with van der Waals surface area (Å²) in [6, 6.07) is 0.659. The van der Waals surface area contributed by atoms with Crippen molar-refractivity contribution in [2.45, 2.75) is 17.7 Å². The van der Waals surface area contributed by atoms with Crippen LogP contribution in [0.25, 0.3) is 0 Å². The van der Waals surface area contributed by atoms with E-state index < -0.39 is 41.6 Å². The Bertz CT molecular complexity index is 673. The third-order valence-corrected chi connectivity index (χ3v) is 4.96. The second-order valence-corrected chi connectivity index (χ2v) is 7.70. The topological polar surface area (TPSA) is 60.4 Å². The molecular weight excluding hydrogens is 382 g/mol. The maximum atomic E-state index is 14.0. The van der Waals surface area contributed by atoms with Gasteiger partial charge in [0.1, 0.15) is 16.3 Å². The number of carbonyl (C=O) groups excluding carboxylic acids is 1. The molecule has 0 radical (unpaired) electrons. The molecular formula is C11H8BrClF2O4S. The fraction of sp³-hybridized carbons (Fsp3) is 0.364. The van der Waals surface area contributed by atoms with Crippen LogP contribution in [0.3, 0.4) is 0 Å². The molecule has 1 aliphatic rings. The molecule has 1 saturated carbocycles. The lowest BCUT2D eigenvalue weighted by Gasteiger charge is -2.09. The van der Waals surface area contributed by atoms with Crippen LogP contribution < -0.4 is 0 Å². The highest BCUT2D eigenvalue weighted by Crippen LogP contribution is 2.33. The van der Waals surface area contributed by atoms with Crippen molar-refractivity contribution in [3.05, 3.63) is 27.7 Å². The van der Waals surface area contributed by atoms with Gasteiger partial charge in [0.15, 0.2) is 5.82 Å². The molecule has 0 N–H and O–H groups in total. The van der Waals surface area contributed by atoms with Gasteiger partial charge in [-0.25, -0.2) is 22.0 Å². The van der Waals surface area contributed by atoms with E-state index in [1.807, 2.05) is 0 Å². The van der Waals surface area contributed by atoms with E-state index in [4.69, 9.17) is 15.4 Å². The van der Waals surface area contributed by atoms with Gasteiger partial charge >= 0.3 is 5.97 Å². The van der Waals surface area contributed by atoms with Crippen LogP contribution in [0, 0.1) is 17.6 Å². The fourth-order valence-electron chi connectivity index (χ4n) is 1.53. The molecule has 0 saturated heterocycles. The van der Waals surface area contributed by atoms with E-state index in [9.17, 15) is 22.0 Å². The summed E-state index contributed by atoms with van der Waals surface area (Å²) in [6.07, 6.45) is 1.78. The molecule has 1 aromatic carbocycles. The van der Waals surface area contributed by atoms with Gasteiger partial charge in [-0.15, -0.1) is 0 Å². The van der Waals surface area contributed by atoms with Crippen LogP contribution in [0.5, 0.6) is 0 Å². The summed E-state index contributed by atoms with van der Waals surface area (Å²) in [5, 5.41) is 0. The summed E-state index contributed by atoms with van der Waals surface area (Å²) >= 11 is 2.69. The number of rotatable bonds is 4. The molecule has 0 atom stereocenters. The Labute approximate surface area is 126 Å². The van der Waals surface area contributed by atoms with Crippen LogP contribution in [0.2, 0.25) is 0 Å². The Morgan fingerprint density at radius 1 is 1.45 bits per heavy atom. The van der Waals surface area contributed by atoms with Crippen LogP contribution in [0.1, 0.15) is 23.2 Å². The lowest BCUT2D eigenvalue weighted by molar-refractivity contribution is 0.0474. The normalized spacial score (nSPS) is 15.2. The molecule has 4 nitrogen and oxygen atoms in total. The van der Waals surface area contributed by atoms with Crippen LogP contribution >= 0.6 is 26.6 Å². The smallest absolute Gasteiger partial charge is 0.344 e. The van der Waals surface area contributed by atoms with Crippen molar-refractivity contribution in [1.29, 1.82) is 0 Å². The summed E-state index contributed by atoms with van der Waals surface area (Å²) in [4.78, 5) is 10.7. The summed E-state index contributed by atoms with van der Waals surface area (Å²) in [5.41, 5.74) is -1.06. The van der Waals surface area contributed by atoms with E-state index in [1.165, 1.54) is 0 Å². The lowest BCUT2D eigenvalue weighted by atomic mass is 10.2. The molecule has 0 aliphatic heterocycles. The van der Waals surface area contributed by atoms with Crippen molar-refractivity contribution in [3.63, 3.8) is 0 Å². The monoisotopic (exact) mass is 388 g/mol. The molecule has 0 spiro atoms. The van der Waals surface area contributed by atoms with Crippen LogP contribution in [0.4, 0.5) is 8.78 Å². The fourth-order valence-corrected chi connectivity index (χ4v) is 3.89. The molecule has 9 heteroatoms. The number of halogens is 4. The molecule has 1 aromatic rings. The predicted octanol–water partition coefficient (Wildman–Crippen LogP) is 3.22. The minimum absolute atomic E-state index is 0.0523. The number of hydrogen-bond acceptors (Lipinski definition) is 4. The van der Waals surface area contributed by atoms with Crippen molar-refractivity contribution >= 4 is 41.6 Å². The van der Waals surface area contributed by atoms with Crippen LogP contribution in [0.15, 0.2) is 15.4 Å². The largest absolute Gasteiger partial charge is 0.462 e. The number of hydrogen-bond donors (Lipinski definition) is 0. The standard InChI is InChI=1S/C11H8BrClF2O4S/c12-6-3-7(14)8(9(15)10(6)20(13,17)18)11(16)19-4-5-1-2-5/h3,5H,1-2,4H2. The van der Waals surface area contributed by atoms with Gasteiger partial charge in [0.05, 0.1) is 6.61 Å². The molecule has 20 heavy (non-hydrogen) atoms. The minimum Gasteiger partial charge on any atom is -0.462 e. The van der Waals surface area contributed by atoms with Crippen molar-refractivity contribution in [2.75, 3.05) is 6.61 Å². The van der Waals surface area contributed by atoms with Gasteiger partial charge in [-0.05, 0) is 40.8 Å². The van der Waals surface area contributed by atoms with Crippen molar-refractivity contribution < 1.29 is 26.7 Å². The van der Waals surface area contributed by atoms with E-state index in [1.54, 1.807) is 0 Å². The maximum Gasteiger partial charge on any atom is 0.344 e. The van der Waals surface area contributed by atoms with E-state index in [-0.39, 0.29) is 12.5 Å². The van der Waals surface area contributed by atoms with Gasteiger partial charge in [-0.1, -0.05) is 0 Å². The van der Waals surface area contributed by atoms with Crippen molar-refractivity contribution in [2.24, 2.45) is 5.92 Å². The third-order valence-electron chi connectivity index (χ3n) is 2.72. The zero-order chi connectivity index (χ0) is 15.1. The number of benzene rings is 1. The van der Waals surface area contributed by atoms with Gasteiger partial charge in [-0.3, -0.25) is 0 Å². The SMILES string of the molecule is O=C(OCC1CC1)c1c(F)cc(Br)c(S(=O)(=O)Cl)c1F. The minimum atomic E-state index is -4.48. The van der Waals surface area contributed by atoms with E-state index in [0.717, 1.165) is 12.8 Å². The van der Waals surface area contributed by atoms with Crippen molar-refractivity contribution in [1.82, 2.24) is 0 Å². The highest BCUT2D eigenvalue weighted by molar-refractivity contribution is 9.10. The Balaban J connectivity index is 2.43. The molecule has 1 fully saturated rings. The maximum absolute atomic E-state index is 14.0. The summed E-state index contributed by atoms with van der Waals surface area (Å²) in [5.74, 6) is -3.83. The van der Waals surface area contributed by atoms with Crippen LogP contribution in [-0.4, -0.2) is 21.0 Å². The van der Waals surface area contributed by atoms with Gasteiger partial charge < -0.3 is 4.74 Å². The lowest BCUT2D eigenvalue weighted by Crippen LogP contribution is -2.14. The first-order chi connectivity index (χ1) is 9.21. The summed E-state index contributed by atoms with van der Waals surface area (Å²) in [6.45, 7) is 0.0523. The molecule has 110 valence electrons. The molecule has 0 unspecified atom stereocenters. The van der Waals surface area contributed by atoms with E-state index in [0.29, 0.717) is 6.07 Å².